The average molecular weight is 384 g/mol. The second-order valence-electron chi connectivity index (χ2n) is 7.11. The molecular weight excluding hydrogens is 364 g/mol. The summed E-state index contributed by atoms with van der Waals surface area (Å²) in [6.45, 7) is 4.10. The van der Waals surface area contributed by atoms with Crippen molar-refractivity contribution in [1.82, 2.24) is 29.7 Å². The van der Waals surface area contributed by atoms with E-state index < -0.39 is 0 Å². The summed E-state index contributed by atoms with van der Waals surface area (Å²) in [4.78, 5) is 16.5. The minimum absolute atomic E-state index is 0.567. The monoisotopic (exact) mass is 384 g/mol. The van der Waals surface area contributed by atoms with E-state index in [1.807, 2.05) is 37.1 Å². The van der Waals surface area contributed by atoms with E-state index in [9.17, 15) is 0 Å². The van der Waals surface area contributed by atoms with E-state index in [1.54, 1.807) is 7.11 Å². The van der Waals surface area contributed by atoms with Gasteiger partial charge in [0.2, 0.25) is 5.88 Å². The molecule has 0 saturated carbocycles. The first-order valence-electron chi connectivity index (χ1n) is 9.33. The highest BCUT2D eigenvalue weighted by Gasteiger charge is 2.15. The predicted molar refractivity (Wildman–Crippen MR) is 113 cm³/mol. The Morgan fingerprint density at radius 2 is 1.83 bits per heavy atom. The maximum absolute atomic E-state index is 5.41. The van der Waals surface area contributed by atoms with Crippen LogP contribution in [-0.2, 0) is 7.05 Å². The molecule has 0 fully saturated rings. The molecule has 0 unspecified atom stereocenters. The van der Waals surface area contributed by atoms with Gasteiger partial charge in [0.15, 0.2) is 0 Å². The van der Waals surface area contributed by atoms with Crippen LogP contribution < -0.4 is 4.74 Å². The number of aromatic amines is 1. The molecule has 7 heteroatoms. The maximum Gasteiger partial charge on any atom is 0.224 e. The first kappa shape index (κ1) is 17.4. The molecule has 0 aliphatic carbocycles. The summed E-state index contributed by atoms with van der Waals surface area (Å²) in [5, 5.41) is 6.48. The second kappa shape index (κ2) is 6.41. The Morgan fingerprint density at radius 1 is 1.00 bits per heavy atom. The molecule has 4 aromatic heterocycles. The van der Waals surface area contributed by atoms with E-state index in [1.165, 1.54) is 6.33 Å². The number of benzene rings is 1. The molecule has 0 radical (unpaired) electrons. The smallest absolute Gasteiger partial charge is 0.224 e. The fourth-order valence-electron chi connectivity index (χ4n) is 3.93. The van der Waals surface area contributed by atoms with Gasteiger partial charge < -0.3 is 9.72 Å². The van der Waals surface area contributed by atoms with Crippen LogP contribution in [0.2, 0.25) is 0 Å². The number of aryl methyl sites for hydroxylation is 2. The molecule has 29 heavy (non-hydrogen) atoms. The van der Waals surface area contributed by atoms with Crippen LogP contribution in [0.15, 0.2) is 43.0 Å². The third kappa shape index (κ3) is 2.66. The van der Waals surface area contributed by atoms with Crippen LogP contribution in [0.1, 0.15) is 11.4 Å². The van der Waals surface area contributed by atoms with Crippen LogP contribution in [0.5, 0.6) is 5.88 Å². The van der Waals surface area contributed by atoms with Crippen LogP contribution in [0, 0.1) is 13.8 Å². The summed E-state index contributed by atoms with van der Waals surface area (Å²) in [5.74, 6) is 0.567. The lowest BCUT2D eigenvalue weighted by molar-refractivity contribution is 0.402. The summed E-state index contributed by atoms with van der Waals surface area (Å²) in [7, 11) is 3.58. The second-order valence-corrected chi connectivity index (χ2v) is 7.11. The summed E-state index contributed by atoms with van der Waals surface area (Å²) in [5.41, 5.74) is 8.12. The molecule has 0 aliphatic rings. The van der Waals surface area contributed by atoms with Gasteiger partial charge in [0.25, 0.3) is 0 Å². The number of nitrogens with one attached hydrogen (secondary N) is 1. The van der Waals surface area contributed by atoms with Crippen molar-refractivity contribution >= 4 is 21.9 Å². The molecule has 0 spiro atoms. The molecule has 4 heterocycles. The van der Waals surface area contributed by atoms with Crippen LogP contribution >= 0.6 is 0 Å². The molecule has 5 rings (SSSR count). The maximum atomic E-state index is 5.41. The van der Waals surface area contributed by atoms with Crippen molar-refractivity contribution in [1.29, 1.82) is 0 Å². The number of hydrogen-bond acceptors (Lipinski definition) is 5. The zero-order chi connectivity index (χ0) is 20.1. The molecule has 5 aromatic rings. The fraction of sp³-hybridized carbons (Fsp3) is 0.182. The molecule has 0 atom stereocenters. The van der Waals surface area contributed by atoms with Crippen molar-refractivity contribution in [3.05, 3.63) is 54.4 Å². The Labute approximate surface area is 167 Å². The standard InChI is InChI=1S/C22H20N6O/c1-12-20(13(2)28(3)27-12)15-8-16-18(10-24-21(16)23-9-15)14-5-6-19-17(7-14)22(29-4)26-11-25-19/h5-11H,1-4H3,(H,23,24). The molecule has 7 nitrogen and oxygen atoms in total. The fourth-order valence-corrected chi connectivity index (χ4v) is 3.93. The van der Waals surface area contributed by atoms with Gasteiger partial charge in [-0.05, 0) is 37.6 Å². The first-order chi connectivity index (χ1) is 14.1. The lowest BCUT2D eigenvalue weighted by Gasteiger charge is -2.07. The number of pyridine rings is 1. The SMILES string of the molecule is COc1ncnc2ccc(-c3c[nH]c4ncc(-c5c(C)nn(C)c5C)cc34)cc12. The van der Waals surface area contributed by atoms with Gasteiger partial charge in [0.05, 0.1) is 23.7 Å². The molecule has 0 saturated heterocycles. The van der Waals surface area contributed by atoms with Crippen molar-refractivity contribution in [3.63, 3.8) is 0 Å². The number of ether oxygens (including phenoxy) is 1. The normalized spacial score (nSPS) is 11.4. The average Bonchev–Trinajstić information content (AvgIpc) is 3.26. The van der Waals surface area contributed by atoms with Gasteiger partial charge in [-0.2, -0.15) is 5.10 Å². The third-order valence-electron chi connectivity index (χ3n) is 5.43. The predicted octanol–water partition coefficient (Wildman–Crippen LogP) is 4.20. The number of H-pyrrole nitrogens is 1. The summed E-state index contributed by atoms with van der Waals surface area (Å²) in [6.07, 6.45) is 5.40. The number of nitrogens with zero attached hydrogens (tertiary/aromatic N) is 5. The van der Waals surface area contributed by atoms with E-state index in [2.05, 4.69) is 50.2 Å². The quantitative estimate of drug-likeness (QED) is 0.504. The Kier molecular flexibility index (Phi) is 3.84. The van der Waals surface area contributed by atoms with Crippen LogP contribution in [0.4, 0.5) is 0 Å². The first-order valence-corrected chi connectivity index (χ1v) is 9.33. The Hall–Kier alpha value is -3.74. The van der Waals surface area contributed by atoms with Gasteiger partial charge in [-0.25, -0.2) is 15.0 Å². The zero-order valence-electron chi connectivity index (χ0n) is 16.7. The topological polar surface area (TPSA) is 81.5 Å². The van der Waals surface area contributed by atoms with Crippen molar-refractivity contribution in [2.24, 2.45) is 7.05 Å². The van der Waals surface area contributed by atoms with E-state index in [4.69, 9.17) is 4.74 Å². The number of aromatic nitrogens is 6. The van der Waals surface area contributed by atoms with Crippen LogP contribution in [0.25, 0.3) is 44.2 Å². The molecule has 0 amide bonds. The highest BCUT2D eigenvalue weighted by atomic mass is 16.5. The number of rotatable bonds is 3. The molecule has 1 N–H and O–H groups in total. The van der Waals surface area contributed by atoms with Gasteiger partial charge in [0.1, 0.15) is 12.0 Å². The van der Waals surface area contributed by atoms with Gasteiger partial charge in [-0.1, -0.05) is 6.07 Å². The zero-order valence-corrected chi connectivity index (χ0v) is 16.7. The summed E-state index contributed by atoms with van der Waals surface area (Å²) < 4.78 is 7.32. The minimum atomic E-state index is 0.567. The van der Waals surface area contributed by atoms with E-state index in [-0.39, 0.29) is 0 Å². The highest BCUT2D eigenvalue weighted by molar-refractivity contribution is 5.98. The van der Waals surface area contributed by atoms with Gasteiger partial charge in [-0.15, -0.1) is 0 Å². The molecule has 1 aromatic carbocycles. The lowest BCUT2D eigenvalue weighted by Crippen LogP contribution is -1.93. The largest absolute Gasteiger partial charge is 0.480 e. The van der Waals surface area contributed by atoms with Gasteiger partial charge >= 0.3 is 0 Å². The van der Waals surface area contributed by atoms with Crippen LogP contribution in [0.3, 0.4) is 0 Å². The lowest BCUT2D eigenvalue weighted by atomic mass is 10.0. The number of hydrogen-bond donors (Lipinski definition) is 1. The molecule has 0 aliphatic heterocycles. The number of fused-ring (bicyclic) bond motifs is 2. The molecule has 144 valence electrons. The van der Waals surface area contributed by atoms with Crippen LogP contribution in [-0.4, -0.2) is 36.8 Å². The van der Waals surface area contributed by atoms with Gasteiger partial charge in [-0.3, -0.25) is 4.68 Å². The van der Waals surface area contributed by atoms with Gasteiger partial charge in [0, 0.05) is 47.2 Å². The molecule has 0 bridgehead atoms. The Morgan fingerprint density at radius 3 is 2.59 bits per heavy atom. The number of methoxy groups -OCH3 is 1. The Balaban J connectivity index is 1.71. The van der Waals surface area contributed by atoms with E-state index in [0.29, 0.717) is 5.88 Å². The van der Waals surface area contributed by atoms with Crippen molar-refractivity contribution in [2.45, 2.75) is 13.8 Å². The van der Waals surface area contributed by atoms with Crippen molar-refractivity contribution in [3.8, 4) is 28.1 Å². The molecular formula is C22H20N6O. The third-order valence-corrected chi connectivity index (χ3v) is 5.43. The summed E-state index contributed by atoms with van der Waals surface area (Å²) >= 11 is 0. The highest BCUT2D eigenvalue weighted by Crippen LogP contribution is 2.35. The minimum Gasteiger partial charge on any atom is -0.480 e. The van der Waals surface area contributed by atoms with E-state index >= 15 is 0 Å². The Bertz CT molecular complexity index is 1380. The summed E-state index contributed by atoms with van der Waals surface area (Å²) in [6, 6.07) is 8.28. The van der Waals surface area contributed by atoms with E-state index in [0.717, 1.165) is 55.6 Å². The van der Waals surface area contributed by atoms with Crippen molar-refractivity contribution < 1.29 is 4.74 Å². The van der Waals surface area contributed by atoms with Crippen molar-refractivity contribution in [2.75, 3.05) is 7.11 Å².